The molecule has 0 unspecified atom stereocenters. The molecule has 14 heavy (non-hydrogen) atoms. The van der Waals surface area contributed by atoms with Crippen LogP contribution in [0.4, 0.5) is 0 Å². The van der Waals surface area contributed by atoms with Gasteiger partial charge in [-0.15, -0.1) is 0 Å². The Kier molecular flexibility index (Phi) is 1.78. The minimum Gasteiger partial charge on any atom is -0.406 e. The molecule has 0 saturated heterocycles. The van der Waals surface area contributed by atoms with Crippen molar-refractivity contribution >= 4 is 11.2 Å². The third-order valence-electron chi connectivity index (χ3n) is 1.54. The molecule has 1 N–H and O–H groups in total. The van der Waals surface area contributed by atoms with Gasteiger partial charge in [0.2, 0.25) is 0 Å². The van der Waals surface area contributed by atoms with Crippen LogP contribution >= 0.6 is 0 Å². The zero-order chi connectivity index (χ0) is 9.97. The van der Waals surface area contributed by atoms with Crippen LogP contribution < -0.4 is 5.76 Å². The largest absolute Gasteiger partial charge is 0.418 e. The quantitative estimate of drug-likeness (QED) is 0.602. The van der Waals surface area contributed by atoms with Crippen LogP contribution in [0.1, 0.15) is 5.56 Å². The Labute approximate surface area is 78.0 Å². The predicted octanol–water partition coefficient (Wildman–Crippen LogP) is 0.391. The maximum Gasteiger partial charge on any atom is 0.418 e. The summed E-state index contributed by atoms with van der Waals surface area (Å²) in [5.41, 5.74) is 1.24. The van der Waals surface area contributed by atoms with Crippen molar-refractivity contribution in [1.82, 2.24) is 9.97 Å². The number of nitrogens with zero attached hydrogens (tertiary/aromatic N) is 2. The molecule has 0 bridgehead atoms. The molecule has 0 fully saturated rings. The first-order chi connectivity index (χ1) is 6.79. The van der Waals surface area contributed by atoms with Crippen LogP contribution in [0.25, 0.3) is 11.2 Å². The number of pyridine rings is 1. The van der Waals surface area contributed by atoms with Crippen LogP contribution in [0.5, 0.6) is 0 Å². The minimum atomic E-state index is -0.558. The van der Waals surface area contributed by atoms with Crippen molar-refractivity contribution in [3.63, 3.8) is 0 Å². The summed E-state index contributed by atoms with van der Waals surface area (Å²) >= 11 is 0. The molecule has 5 nitrogen and oxygen atoms in total. The fourth-order valence-corrected chi connectivity index (χ4v) is 1.01. The lowest BCUT2D eigenvalue weighted by molar-refractivity contribution is 0.555. The van der Waals surface area contributed by atoms with E-state index in [0.29, 0.717) is 16.8 Å². The maximum absolute atomic E-state index is 10.8. The van der Waals surface area contributed by atoms with Gasteiger partial charge in [0.1, 0.15) is 0 Å². The van der Waals surface area contributed by atoms with Gasteiger partial charge in [-0.2, -0.15) is 5.26 Å². The number of hydrogen-bond acceptors (Lipinski definition) is 4. The lowest BCUT2D eigenvalue weighted by atomic mass is 10.3. The fraction of sp³-hybridized carbons (Fsp3) is 0. The van der Waals surface area contributed by atoms with E-state index in [2.05, 4.69) is 21.8 Å². The number of nitriles is 1. The molecule has 0 spiro atoms. The fourth-order valence-electron chi connectivity index (χ4n) is 1.01. The van der Waals surface area contributed by atoms with E-state index in [0.717, 1.165) is 0 Å². The molecule has 0 aliphatic rings. The summed E-state index contributed by atoms with van der Waals surface area (Å²) in [6.07, 6.45) is 1.46. The van der Waals surface area contributed by atoms with Gasteiger partial charge in [0.25, 0.3) is 0 Å². The molecule has 0 aromatic carbocycles. The normalized spacial score (nSPS) is 9.07. The first kappa shape index (κ1) is 8.09. The molecule has 66 valence electrons. The maximum atomic E-state index is 10.8. The van der Waals surface area contributed by atoms with Crippen LogP contribution in [0.15, 0.2) is 21.5 Å². The average molecular weight is 185 g/mol. The molecular weight excluding hydrogens is 182 g/mol. The molecule has 0 amide bonds. The monoisotopic (exact) mass is 185 g/mol. The number of H-pyrrole nitrogens is 1. The molecule has 0 aliphatic heterocycles. The highest BCUT2D eigenvalue weighted by Crippen LogP contribution is 2.07. The first-order valence-electron chi connectivity index (χ1n) is 3.68. The van der Waals surface area contributed by atoms with Gasteiger partial charge in [0.05, 0.1) is 0 Å². The molecule has 0 atom stereocenters. The third-order valence-corrected chi connectivity index (χ3v) is 1.54. The summed E-state index contributed by atoms with van der Waals surface area (Å²) in [5, 5.41) is 8.22. The second kappa shape index (κ2) is 3.08. The van der Waals surface area contributed by atoms with E-state index < -0.39 is 5.76 Å². The Hall–Kier alpha value is -2.53. The van der Waals surface area contributed by atoms with Crippen molar-refractivity contribution in [1.29, 1.82) is 5.26 Å². The van der Waals surface area contributed by atoms with Crippen molar-refractivity contribution in [2.75, 3.05) is 0 Å². The van der Waals surface area contributed by atoms with E-state index in [9.17, 15) is 4.79 Å². The van der Waals surface area contributed by atoms with Gasteiger partial charge < -0.3 is 4.42 Å². The van der Waals surface area contributed by atoms with Crippen LogP contribution in [0.3, 0.4) is 0 Å². The Bertz CT molecular complexity index is 634. The van der Waals surface area contributed by atoms with Gasteiger partial charge in [-0.05, 0) is 5.92 Å². The molecule has 2 heterocycles. The van der Waals surface area contributed by atoms with Crippen molar-refractivity contribution in [3.8, 4) is 17.9 Å². The molecule has 0 aliphatic carbocycles. The number of aromatic amines is 1. The SMILES string of the molecule is N#CC#Cc1cnc2[nH]c(=O)oc2c1. The standard InChI is InChI=1S/C9H3N3O2/c10-3-1-2-6-4-7-8(11-5-6)12-9(13)14-7/h4-5H,(H,11,12,13). The van der Waals surface area contributed by atoms with E-state index in [1.54, 1.807) is 12.1 Å². The summed E-state index contributed by atoms with van der Waals surface area (Å²) in [4.78, 5) is 17.1. The van der Waals surface area contributed by atoms with Crippen LogP contribution in [-0.4, -0.2) is 9.97 Å². The van der Waals surface area contributed by atoms with Crippen molar-refractivity contribution in [3.05, 3.63) is 28.4 Å². The van der Waals surface area contributed by atoms with Gasteiger partial charge in [-0.25, -0.2) is 9.78 Å². The summed E-state index contributed by atoms with van der Waals surface area (Å²) < 4.78 is 4.76. The predicted molar refractivity (Wildman–Crippen MR) is 47.1 cm³/mol. The van der Waals surface area contributed by atoms with Crippen LogP contribution in [-0.2, 0) is 0 Å². The molecule has 2 rings (SSSR count). The van der Waals surface area contributed by atoms with E-state index in [1.807, 2.05) is 0 Å². The van der Waals surface area contributed by atoms with Crippen molar-refractivity contribution < 1.29 is 4.42 Å². The van der Waals surface area contributed by atoms with E-state index in [1.165, 1.54) is 6.20 Å². The molecule has 2 aromatic rings. The highest BCUT2D eigenvalue weighted by Gasteiger charge is 2.01. The second-order valence-electron chi connectivity index (χ2n) is 2.45. The highest BCUT2D eigenvalue weighted by molar-refractivity contribution is 5.68. The van der Waals surface area contributed by atoms with Gasteiger partial charge in [0, 0.05) is 23.7 Å². The van der Waals surface area contributed by atoms with Crippen molar-refractivity contribution in [2.24, 2.45) is 0 Å². The van der Waals surface area contributed by atoms with Gasteiger partial charge in [0.15, 0.2) is 17.3 Å². The van der Waals surface area contributed by atoms with Crippen LogP contribution in [0, 0.1) is 23.2 Å². The second-order valence-corrected chi connectivity index (χ2v) is 2.45. The Balaban J connectivity index is 2.62. The van der Waals surface area contributed by atoms with E-state index >= 15 is 0 Å². The number of fused-ring (bicyclic) bond motifs is 1. The average Bonchev–Trinajstić information content (AvgIpc) is 2.54. The number of nitrogens with one attached hydrogen (secondary N) is 1. The lowest BCUT2D eigenvalue weighted by Gasteiger charge is -1.87. The number of rotatable bonds is 0. The molecule has 0 radical (unpaired) electrons. The molecule has 0 saturated carbocycles. The van der Waals surface area contributed by atoms with Crippen LogP contribution in [0.2, 0.25) is 0 Å². The third kappa shape index (κ3) is 1.35. The first-order valence-corrected chi connectivity index (χ1v) is 3.68. The zero-order valence-electron chi connectivity index (χ0n) is 6.87. The van der Waals surface area contributed by atoms with Crippen molar-refractivity contribution in [2.45, 2.75) is 0 Å². The minimum absolute atomic E-state index is 0.333. The van der Waals surface area contributed by atoms with E-state index in [-0.39, 0.29) is 0 Å². The lowest BCUT2D eigenvalue weighted by Crippen LogP contribution is -1.93. The number of oxazole rings is 1. The van der Waals surface area contributed by atoms with Gasteiger partial charge in [-0.3, -0.25) is 4.98 Å². The topological polar surface area (TPSA) is 82.7 Å². The molecule has 2 aromatic heterocycles. The highest BCUT2D eigenvalue weighted by atomic mass is 16.4. The van der Waals surface area contributed by atoms with Gasteiger partial charge >= 0.3 is 5.76 Å². The summed E-state index contributed by atoms with van der Waals surface area (Å²) in [5.74, 6) is 4.21. The number of hydrogen-bond donors (Lipinski definition) is 1. The summed E-state index contributed by atoms with van der Waals surface area (Å²) in [6, 6.07) is 3.23. The smallest absolute Gasteiger partial charge is 0.406 e. The Morgan fingerprint density at radius 2 is 2.43 bits per heavy atom. The van der Waals surface area contributed by atoms with E-state index in [4.69, 9.17) is 9.68 Å². The zero-order valence-corrected chi connectivity index (χ0v) is 6.87. The molecular formula is C9H3N3O2. The molecule has 5 heteroatoms. The Morgan fingerprint density at radius 1 is 1.57 bits per heavy atom. The Morgan fingerprint density at radius 3 is 3.21 bits per heavy atom. The summed E-state index contributed by atoms with van der Waals surface area (Å²) in [7, 11) is 0. The van der Waals surface area contributed by atoms with Gasteiger partial charge in [-0.1, -0.05) is 0 Å². The summed E-state index contributed by atoms with van der Waals surface area (Å²) in [6.45, 7) is 0. The number of aromatic nitrogens is 2.